The first-order valence-corrected chi connectivity index (χ1v) is 5.03. The van der Waals surface area contributed by atoms with Crippen LogP contribution in [-0.2, 0) is 4.79 Å². The molecule has 1 aliphatic rings. The van der Waals surface area contributed by atoms with Crippen molar-refractivity contribution in [2.75, 3.05) is 6.61 Å². The minimum absolute atomic E-state index is 0.242. The summed E-state index contributed by atoms with van der Waals surface area (Å²) in [5.74, 6) is 1.58. The molecular formula is C12H14O2. The van der Waals surface area contributed by atoms with Crippen LogP contribution >= 0.6 is 0 Å². The van der Waals surface area contributed by atoms with E-state index in [1.807, 2.05) is 25.1 Å². The van der Waals surface area contributed by atoms with Crippen molar-refractivity contribution < 1.29 is 9.53 Å². The lowest BCUT2D eigenvalue weighted by Gasteiger charge is -2.04. The maximum atomic E-state index is 10.5. The topological polar surface area (TPSA) is 26.3 Å². The molecule has 0 heterocycles. The quantitative estimate of drug-likeness (QED) is 0.681. The minimum atomic E-state index is 0.242. The molecule has 2 nitrogen and oxygen atoms in total. The van der Waals surface area contributed by atoms with Gasteiger partial charge in [0.1, 0.15) is 12.0 Å². The summed E-state index contributed by atoms with van der Waals surface area (Å²) in [7, 11) is 0. The summed E-state index contributed by atoms with van der Waals surface area (Å²) in [6.07, 6.45) is 2.05. The van der Waals surface area contributed by atoms with Crippen LogP contribution < -0.4 is 4.74 Å². The molecule has 1 saturated carbocycles. The molecule has 0 bridgehead atoms. The van der Waals surface area contributed by atoms with Crippen molar-refractivity contribution in [3.63, 3.8) is 0 Å². The van der Waals surface area contributed by atoms with Gasteiger partial charge in [0.05, 0.1) is 6.61 Å². The molecule has 14 heavy (non-hydrogen) atoms. The van der Waals surface area contributed by atoms with Gasteiger partial charge in [0.2, 0.25) is 0 Å². The van der Waals surface area contributed by atoms with Crippen LogP contribution in [-0.4, -0.2) is 12.9 Å². The molecule has 1 aromatic rings. The Balaban J connectivity index is 2.11. The van der Waals surface area contributed by atoms with Crippen molar-refractivity contribution in [2.45, 2.75) is 19.3 Å². The summed E-state index contributed by atoms with van der Waals surface area (Å²) in [5, 5.41) is 0. The maximum Gasteiger partial charge on any atom is 0.123 e. The number of hydrogen-bond acceptors (Lipinski definition) is 2. The Bertz CT molecular complexity index is 333. The fourth-order valence-electron chi connectivity index (χ4n) is 1.75. The van der Waals surface area contributed by atoms with Crippen LogP contribution in [0, 0.1) is 5.92 Å². The third kappa shape index (κ3) is 1.79. The van der Waals surface area contributed by atoms with Gasteiger partial charge >= 0.3 is 0 Å². The largest absolute Gasteiger partial charge is 0.494 e. The highest BCUT2D eigenvalue weighted by Crippen LogP contribution is 2.46. The highest BCUT2D eigenvalue weighted by Gasteiger charge is 2.37. The van der Waals surface area contributed by atoms with Crippen molar-refractivity contribution in [3.8, 4) is 5.75 Å². The molecule has 0 spiro atoms. The minimum Gasteiger partial charge on any atom is -0.494 e. The van der Waals surface area contributed by atoms with Gasteiger partial charge in [0.15, 0.2) is 0 Å². The zero-order chi connectivity index (χ0) is 9.97. The Morgan fingerprint density at radius 3 is 3.07 bits per heavy atom. The molecule has 0 radical (unpaired) electrons. The van der Waals surface area contributed by atoms with Crippen molar-refractivity contribution in [1.82, 2.24) is 0 Å². The van der Waals surface area contributed by atoms with E-state index in [1.165, 1.54) is 5.56 Å². The van der Waals surface area contributed by atoms with Gasteiger partial charge in [-0.25, -0.2) is 0 Å². The molecule has 2 atom stereocenters. The van der Waals surface area contributed by atoms with Crippen LogP contribution in [0.4, 0.5) is 0 Å². The van der Waals surface area contributed by atoms with Crippen LogP contribution in [0.15, 0.2) is 24.3 Å². The van der Waals surface area contributed by atoms with E-state index in [4.69, 9.17) is 4.74 Å². The average Bonchev–Trinajstić information content (AvgIpc) is 2.98. The molecule has 0 N–H and O–H groups in total. The van der Waals surface area contributed by atoms with E-state index in [-0.39, 0.29) is 5.92 Å². The fourth-order valence-corrected chi connectivity index (χ4v) is 1.75. The predicted octanol–water partition coefficient (Wildman–Crippen LogP) is 2.39. The van der Waals surface area contributed by atoms with Gasteiger partial charge in [-0.05, 0) is 37.0 Å². The molecule has 2 rings (SSSR count). The summed E-state index contributed by atoms with van der Waals surface area (Å²) in [6.45, 7) is 2.66. The third-order valence-electron chi connectivity index (χ3n) is 2.61. The van der Waals surface area contributed by atoms with Crippen LogP contribution in [0.5, 0.6) is 5.75 Å². The number of aldehydes is 1. The zero-order valence-corrected chi connectivity index (χ0v) is 8.27. The first kappa shape index (κ1) is 9.25. The van der Waals surface area contributed by atoms with Crippen LogP contribution in [0.1, 0.15) is 24.8 Å². The monoisotopic (exact) mass is 190 g/mol. The van der Waals surface area contributed by atoms with Crippen molar-refractivity contribution in [3.05, 3.63) is 29.8 Å². The van der Waals surface area contributed by atoms with E-state index < -0.39 is 0 Å². The number of benzene rings is 1. The van der Waals surface area contributed by atoms with Crippen LogP contribution in [0.2, 0.25) is 0 Å². The Morgan fingerprint density at radius 2 is 2.43 bits per heavy atom. The number of rotatable bonds is 4. The smallest absolute Gasteiger partial charge is 0.123 e. The predicted molar refractivity (Wildman–Crippen MR) is 54.5 cm³/mol. The maximum absolute atomic E-state index is 10.5. The van der Waals surface area contributed by atoms with E-state index in [2.05, 4.69) is 6.07 Å². The highest BCUT2D eigenvalue weighted by molar-refractivity contribution is 5.61. The van der Waals surface area contributed by atoms with Crippen molar-refractivity contribution >= 4 is 6.29 Å². The van der Waals surface area contributed by atoms with E-state index in [0.717, 1.165) is 18.5 Å². The zero-order valence-electron chi connectivity index (χ0n) is 8.27. The molecule has 0 saturated heterocycles. The third-order valence-corrected chi connectivity index (χ3v) is 2.61. The summed E-state index contributed by atoms with van der Waals surface area (Å²) in [5.41, 5.74) is 1.23. The van der Waals surface area contributed by atoms with Crippen LogP contribution in [0.3, 0.4) is 0 Å². The number of carbonyl (C=O) groups excluding carboxylic acids is 1. The van der Waals surface area contributed by atoms with Crippen LogP contribution in [0.25, 0.3) is 0 Å². The van der Waals surface area contributed by atoms with Gasteiger partial charge in [-0.3, -0.25) is 0 Å². The highest BCUT2D eigenvalue weighted by atomic mass is 16.5. The first-order chi connectivity index (χ1) is 6.85. The Kier molecular flexibility index (Phi) is 2.53. The van der Waals surface area contributed by atoms with E-state index in [9.17, 15) is 4.79 Å². The number of ether oxygens (including phenoxy) is 1. The van der Waals surface area contributed by atoms with Gasteiger partial charge in [-0.2, -0.15) is 0 Å². The fraction of sp³-hybridized carbons (Fsp3) is 0.417. The SMILES string of the molecule is CCOc1cccc([C@H]2C[C@@H]2C=O)c1. The standard InChI is InChI=1S/C12H14O2/c1-2-14-11-5-3-4-9(6-11)12-7-10(12)8-13/h3-6,8,10,12H,2,7H2,1H3/t10-,12-/m1/s1. The van der Waals surface area contributed by atoms with E-state index in [0.29, 0.717) is 12.5 Å². The molecule has 1 aromatic carbocycles. The summed E-state index contributed by atoms with van der Waals surface area (Å²) in [4.78, 5) is 10.5. The molecular weight excluding hydrogens is 176 g/mol. The molecule has 2 heteroatoms. The molecule has 0 unspecified atom stereocenters. The Morgan fingerprint density at radius 1 is 1.57 bits per heavy atom. The van der Waals surface area contributed by atoms with Gasteiger partial charge in [0.25, 0.3) is 0 Å². The van der Waals surface area contributed by atoms with Crippen molar-refractivity contribution in [2.24, 2.45) is 5.92 Å². The second kappa shape index (κ2) is 3.82. The van der Waals surface area contributed by atoms with E-state index in [1.54, 1.807) is 0 Å². The second-order valence-corrected chi connectivity index (χ2v) is 3.65. The Hall–Kier alpha value is -1.31. The molecule has 0 aromatic heterocycles. The molecule has 0 aliphatic heterocycles. The summed E-state index contributed by atoms with van der Waals surface area (Å²) < 4.78 is 5.40. The lowest BCUT2D eigenvalue weighted by atomic mass is 10.1. The van der Waals surface area contributed by atoms with Gasteiger partial charge in [-0.1, -0.05) is 12.1 Å². The molecule has 1 aliphatic carbocycles. The number of carbonyl (C=O) groups is 1. The lowest BCUT2D eigenvalue weighted by molar-refractivity contribution is -0.108. The summed E-state index contributed by atoms with van der Waals surface area (Å²) in [6, 6.07) is 8.04. The Labute approximate surface area is 83.9 Å². The normalized spacial score (nSPS) is 24.4. The second-order valence-electron chi connectivity index (χ2n) is 3.65. The lowest BCUT2D eigenvalue weighted by Crippen LogP contribution is -1.92. The molecule has 0 amide bonds. The van der Waals surface area contributed by atoms with Gasteiger partial charge in [0, 0.05) is 5.92 Å². The first-order valence-electron chi connectivity index (χ1n) is 5.03. The summed E-state index contributed by atoms with van der Waals surface area (Å²) >= 11 is 0. The molecule has 74 valence electrons. The van der Waals surface area contributed by atoms with Gasteiger partial charge < -0.3 is 9.53 Å². The van der Waals surface area contributed by atoms with E-state index >= 15 is 0 Å². The van der Waals surface area contributed by atoms with Gasteiger partial charge in [-0.15, -0.1) is 0 Å². The molecule has 1 fully saturated rings. The number of hydrogen-bond donors (Lipinski definition) is 0. The van der Waals surface area contributed by atoms with Crippen molar-refractivity contribution in [1.29, 1.82) is 0 Å². The average molecular weight is 190 g/mol.